The Kier molecular flexibility index (Phi) is 4.90. The first-order chi connectivity index (χ1) is 10.0. The molecule has 0 fully saturated rings. The molecule has 1 aromatic heterocycles. The van der Waals surface area contributed by atoms with Crippen molar-refractivity contribution in [3.05, 3.63) is 39.6 Å². The first kappa shape index (κ1) is 15.9. The lowest BCUT2D eigenvalue weighted by molar-refractivity contribution is 0.204. The molecule has 1 atom stereocenters. The molecule has 0 saturated heterocycles. The zero-order valence-electron chi connectivity index (χ0n) is 12.6. The van der Waals surface area contributed by atoms with Crippen LogP contribution in [0.2, 0.25) is 0 Å². The Bertz CT molecular complexity index is 640. The molecular weight excluding hydrogens is 336 g/mol. The van der Waals surface area contributed by atoms with Crippen molar-refractivity contribution in [2.45, 2.75) is 19.4 Å². The summed E-state index contributed by atoms with van der Waals surface area (Å²) in [6, 6.07) is 5.50. The molecule has 5 nitrogen and oxygen atoms in total. The molecule has 0 aliphatic rings. The van der Waals surface area contributed by atoms with Gasteiger partial charge in [0.1, 0.15) is 22.1 Å². The number of nitrogens with zero attached hydrogens (tertiary/aromatic N) is 2. The monoisotopic (exact) mass is 354 g/mol. The molecule has 0 spiro atoms. The average molecular weight is 355 g/mol. The van der Waals surface area contributed by atoms with Crippen LogP contribution in [0.1, 0.15) is 30.0 Å². The van der Waals surface area contributed by atoms with Crippen LogP contribution in [0.3, 0.4) is 0 Å². The van der Waals surface area contributed by atoms with Gasteiger partial charge in [-0.2, -0.15) is 5.10 Å². The fraction of sp³-hybridized carbons (Fsp3) is 0.400. The molecule has 114 valence electrons. The Morgan fingerprint density at radius 2 is 2.05 bits per heavy atom. The highest BCUT2D eigenvalue weighted by molar-refractivity contribution is 9.10. The second-order valence-electron chi connectivity index (χ2n) is 4.64. The number of aromatic nitrogens is 2. The van der Waals surface area contributed by atoms with Gasteiger partial charge in [-0.25, -0.2) is 0 Å². The van der Waals surface area contributed by atoms with Crippen molar-refractivity contribution in [2.24, 2.45) is 7.05 Å². The predicted molar refractivity (Wildman–Crippen MR) is 83.9 cm³/mol. The van der Waals surface area contributed by atoms with E-state index < -0.39 is 6.10 Å². The van der Waals surface area contributed by atoms with Crippen LogP contribution in [-0.4, -0.2) is 29.1 Å². The minimum atomic E-state index is -0.819. The van der Waals surface area contributed by atoms with E-state index in [9.17, 15) is 5.11 Å². The Morgan fingerprint density at radius 3 is 2.57 bits per heavy atom. The number of rotatable bonds is 5. The molecule has 0 aliphatic carbocycles. The van der Waals surface area contributed by atoms with E-state index in [1.807, 2.05) is 20.0 Å². The van der Waals surface area contributed by atoms with E-state index in [0.29, 0.717) is 21.5 Å². The maximum atomic E-state index is 10.7. The van der Waals surface area contributed by atoms with Crippen LogP contribution in [0.5, 0.6) is 11.5 Å². The minimum Gasteiger partial charge on any atom is -0.495 e. The number of methoxy groups -OCH3 is 2. The van der Waals surface area contributed by atoms with Crippen LogP contribution in [0.25, 0.3) is 0 Å². The van der Waals surface area contributed by atoms with E-state index in [2.05, 4.69) is 21.0 Å². The van der Waals surface area contributed by atoms with Crippen molar-refractivity contribution in [1.82, 2.24) is 9.78 Å². The number of aryl methyl sites for hydroxylation is 2. The van der Waals surface area contributed by atoms with Gasteiger partial charge in [-0.05, 0) is 40.5 Å². The molecule has 2 rings (SSSR count). The van der Waals surface area contributed by atoms with Gasteiger partial charge in [-0.1, -0.05) is 6.92 Å². The Hall–Kier alpha value is -1.53. The molecule has 6 heteroatoms. The second kappa shape index (κ2) is 6.49. The van der Waals surface area contributed by atoms with Gasteiger partial charge in [0.25, 0.3) is 0 Å². The summed E-state index contributed by atoms with van der Waals surface area (Å²) in [5, 5.41) is 15.0. The van der Waals surface area contributed by atoms with Crippen LogP contribution in [0.15, 0.2) is 22.7 Å². The van der Waals surface area contributed by atoms with Crippen LogP contribution in [-0.2, 0) is 13.5 Å². The lowest BCUT2D eigenvalue weighted by atomic mass is 10.0. The maximum absolute atomic E-state index is 10.7. The van der Waals surface area contributed by atoms with Crippen molar-refractivity contribution in [3.8, 4) is 11.5 Å². The maximum Gasteiger partial charge on any atom is 0.143 e. The molecule has 1 heterocycles. The van der Waals surface area contributed by atoms with Gasteiger partial charge in [0.2, 0.25) is 0 Å². The van der Waals surface area contributed by atoms with Crippen LogP contribution < -0.4 is 9.47 Å². The lowest BCUT2D eigenvalue weighted by Gasteiger charge is -2.17. The largest absolute Gasteiger partial charge is 0.495 e. The molecule has 0 aliphatic heterocycles. The molecule has 0 amide bonds. The number of hydrogen-bond donors (Lipinski definition) is 1. The van der Waals surface area contributed by atoms with Gasteiger partial charge in [-0.3, -0.25) is 4.68 Å². The van der Waals surface area contributed by atoms with Gasteiger partial charge in [0, 0.05) is 12.6 Å². The summed E-state index contributed by atoms with van der Waals surface area (Å²) < 4.78 is 13.0. The lowest BCUT2D eigenvalue weighted by Crippen LogP contribution is -2.08. The second-order valence-corrected chi connectivity index (χ2v) is 5.44. The number of aliphatic hydroxyl groups excluding tert-OH is 1. The van der Waals surface area contributed by atoms with Crippen molar-refractivity contribution < 1.29 is 14.6 Å². The van der Waals surface area contributed by atoms with Crippen molar-refractivity contribution in [2.75, 3.05) is 14.2 Å². The molecule has 0 saturated carbocycles. The van der Waals surface area contributed by atoms with E-state index in [1.54, 1.807) is 31.0 Å². The third kappa shape index (κ3) is 2.91. The zero-order chi connectivity index (χ0) is 15.6. The summed E-state index contributed by atoms with van der Waals surface area (Å²) in [7, 11) is 4.98. The van der Waals surface area contributed by atoms with Crippen molar-refractivity contribution in [1.29, 1.82) is 0 Å². The summed E-state index contributed by atoms with van der Waals surface area (Å²) in [5.41, 5.74) is 2.33. The Morgan fingerprint density at radius 1 is 1.33 bits per heavy atom. The molecule has 0 bridgehead atoms. The topological polar surface area (TPSA) is 56.5 Å². The van der Waals surface area contributed by atoms with Gasteiger partial charge in [0.15, 0.2) is 0 Å². The SMILES string of the molecule is CCc1cc(C(O)c2ccc(OC)c(Br)c2OC)n(C)n1. The van der Waals surface area contributed by atoms with E-state index in [1.165, 1.54) is 0 Å². The highest BCUT2D eigenvalue weighted by Crippen LogP contribution is 2.41. The fourth-order valence-corrected chi connectivity index (χ4v) is 2.95. The smallest absolute Gasteiger partial charge is 0.143 e. The molecule has 1 aromatic carbocycles. The van der Waals surface area contributed by atoms with Gasteiger partial charge in [-0.15, -0.1) is 0 Å². The number of ether oxygens (including phenoxy) is 2. The minimum absolute atomic E-state index is 0.557. The fourth-order valence-electron chi connectivity index (χ4n) is 2.26. The molecule has 0 radical (unpaired) electrons. The average Bonchev–Trinajstić information content (AvgIpc) is 2.87. The number of aliphatic hydroxyl groups is 1. The van der Waals surface area contributed by atoms with Gasteiger partial charge < -0.3 is 14.6 Å². The Balaban J connectivity index is 2.49. The third-order valence-corrected chi connectivity index (χ3v) is 4.17. The van der Waals surface area contributed by atoms with Crippen LogP contribution in [0.4, 0.5) is 0 Å². The van der Waals surface area contributed by atoms with Gasteiger partial charge in [0.05, 0.1) is 25.6 Å². The van der Waals surface area contributed by atoms with Gasteiger partial charge >= 0.3 is 0 Å². The normalized spacial score (nSPS) is 12.3. The molecule has 2 aromatic rings. The van der Waals surface area contributed by atoms with E-state index in [0.717, 1.165) is 17.8 Å². The van der Waals surface area contributed by atoms with E-state index >= 15 is 0 Å². The van der Waals surface area contributed by atoms with Crippen LogP contribution >= 0.6 is 15.9 Å². The van der Waals surface area contributed by atoms with E-state index in [4.69, 9.17) is 9.47 Å². The van der Waals surface area contributed by atoms with E-state index in [-0.39, 0.29) is 0 Å². The summed E-state index contributed by atoms with van der Waals surface area (Å²) >= 11 is 3.45. The molecule has 1 N–H and O–H groups in total. The number of hydrogen-bond acceptors (Lipinski definition) is 4. The summed E-state index contributed by atoms with van der Waals surface area (Å²) in [6.07, 6.45) is 0.00393. The third-order valence-electron chi connectivity index (χ3n) is 3.42. The number of benzene rings is 1. The Labute approximate surface area is 132 Å². The summed E-state index contributed by atoms with van der Waals surface area (Å²) in [4.78, 5) is 0. The molecular formula is C15H19BrN2O3. The quantitative estimate of drug-likeness (QED) is 0.896. The first-order valence-electron chi connectivity index (χ1n) is 6.64. The highest BCUT2D eigenvalue weighted by atomic mass is 79.9. The van der Waals surface area contributed by atoms with Crippen molar-refractivity contribution in [3.63, 3.8) is 0 Å². The summed E-state index contributed by atoms with van der Waals surface area (Å²) in [6.45, 7) is 2.03. The molecule has 1 unspecified atom stereocenters. The first-order valence-corrected chi connectivity index (χ1v) is 7.44. The highest BCUT2D eigenvalue weighted by Gasteiger charge is 2.22. The van der Waals surface area contributed by atoms with Crippen LogP contribution in [0, 0.1) is 0 Å². The van der Waals surface area contributed by atoms with Crippen molar-refractivity contribution >= 4 is 15.9 Å². The standard InChI is InChI=1S/C15H19BrN2O3/c1-5-9-8-11(18(2)17-9)14(19)10-6-7-12(20-3)13(16)15(10)21-4/h6-8,14,19H,5H2,1-4H3. The predicted octanol–water partition coefficient (Wildman–Crippen LogP) is 2.84. The number of halogens is 1. The summed E-state index contributed by atoms with van der Waals surface area (Å²) in [5.74, 6) is 1.21. The molecule has 21 heavy (non-hydrogen) atoms. The zero-order valence-corrected chi connectivity index (χ0v) is 14.1.